The number of nitrogens with one attached hydrogen (secondary N) is 1. The number of carboxylic acids is 1. The largest absolute Gasteiger partial charge is 0.477 e. The number of hydrogen-bond acceptors (Lipinski definition) is 6. The molecular weight excluding hydrogens is 328 g/mol. The van der Waals surface area contributed by atoms with Gasteiger partial charge in [0, 0.05) is 20.6 Å². The average Bonchev–Trinajstić information content (AvgIpc) is 2.77. The molecule has 0 radical (unpaired) electrons. The third kappa shape index (κ3) is 3.99. The molecule has 2 N–H and O–H groups in total. The van der Waals surface area contributed by atoms with Crippen LogP contribution in [-0.2, 0) is 20.0 Å². The molecule has 0 spiro atoms. The lowest BCUT2D eigenvalue weighted by molar-refractivity contribution is 0.0698. The van der Waals surface area contributed by atoms with Gasteiger partial charge in [0.15, 0.2) is 0 Å². The van der Waals surface area contributed by atoms with Crippen molar-refractivity contribution in [1.29, 1.82) is 0 Å². The van der Waals surface area contributed by atoms with E-state index >= 15 is 0 Å². The molecule has 11 heteroatoms. The van der Waals surface area contributed by atoms with Gasteiger partial charge in [-0.2, -0.15) is 0 Å². The van der Waals surface area contributed by atoms with Crippen molar-refractivity contribution in [3.8, 4) is 0 Å². The molecule has 0 unspecified atom stereocenters. The van der Waals surface area contributed by atoms with E-state index < -0.39 is 31.8 Å². The van der Waals surface area contributed by atoms with Crippen LogP contribution in [0.2, 0.25) is 0 Å². The Morgan fingerprint density at radius 3 is 2.45 bits per heavy atom. The fourth-order valence-electron chi connectivity index (χ4n) is 1.23. The molecule has 0 saturated carbocycles. The predicted molar refractivity (Wildman–Crippen MR) is 73.9 cm³/mol. The Kier molecular flexibility index (Phi) is 5.27. The van der Waals surface area contributed by atoms with Gasteiger partial charge in [-0.25, -0.2) is 30.7 Å². The first kappa shape index (κ1) is 17.0. The number of hydrogen-bond donors (Lipinski definition) is 2. The summed E-state index contributed by atoms with van der Waals surface area (Å²) in [7, 11) is -4.89. The molecule has 0 aliphatic heterocycles. The molecule has 114 valence electrons. The standard InChI is InChI=1S/C9H14N2O6S3/c1-11(2)19(14,15)6-4-10-20(16,17)7-3-5-18-8(7)9(12)13/h3,5,10H,4,6H2,1-2H3,(H,12,13). The fourth-order valence-corrected chi connectivity index (χ4v) is 4.37. The fraction of sp³-hybridized carbons (Fsp3) is 0.444. The molecule has 0 bridgehead atoms. The Balaban J connectivity index is 2.82. The molecule has 0 saturated heterocycles. The first-order chi connectivity index (χ1) is 9.08. The Morgan fingerprint density at radius 2 is 1.95 bits per heavy atom. The molecule has 0 aliphatic carbocycles. The van der Waals surface area contributed by atoms with E-state index in [0.29, 0.717) is 0 Å². The zero-order valence-corrected chi connectivity index (χ0v) is 13.2. The normalized spacial score (nSPS) is 12.8. The van der Waals surface area contributed by atoms with Crippen LogP contribution in [0.1, 0.15) is 9.67 Å². The van der Waals surface area contributed by atoms with Crippen molar-refractivity contribution in [3.05, 3.63) is 16.3 Å². The van der Waals surface area contributed by atoms with E-state index in [-0.39, 0.29) is 16.3 Å². The molecule has 8 nitrogen and oxygen atoms in total. The van der Waals surface area contributed by atoms with Crippen molar-refractivity contribution in [1.82, 2.24) is 9.03 Å². The summed E-state index contributed by atoms with van der Waals surface area (Å²) in [6, 6.07) is 1.16. The summed E-state index contributed by atoms with van der Waals surface area (Å²) in [6.07, 6.45) is 0. The third-order valence-electron chi connectivity index (χ3n) is 2.32. The Labute approximate surface area is 121 Å². The molecule has 0 aromatic carbocycles. The maximum atomic E-state index is 11.9. The zero-order chi connectivity index (χ0) is 15.6. The molecular formula is C9H14N2O6S3. The number of rotatable bonds is 7. The average molecular weight is 342 g/mol. The molecule has 0 fully saturated rings. The van der Waals surface area contributed by atoms with E-state index in [1.165, 1.54) is 19.5 Å². The smallest absolute Gasteiger partial charge is 0.347 e. The third-order valence-corrected chi connectivity index (χ3v) is 6.69. The van der Waals surface area contributed by atoms with Crippen LogP contribution in [0.5, 0.6) is 0 Å². The second-order valence-electron chi connectivity index (χ2n) is 3.92. The van der Waals surface area contributed by atoms with Crippen molar-refractivity contribution in [2.75, 3.05) is 26.4 Å². The molecule has 0 atom stereocenters. The predicted octanol–water partition coefficient (Wildman–Crippen LogP) is -0.384. The lowest BCUT2D eigenvalue weighted by Gasteiger charge is -2.11. The van der Waals surface area contributed by atoms with Crippen LogP contribution in [0, 0.1) is 0 Å². The van der Waals surface area contributed by atoms with E-state index in [2.05, 4.69) is 4.72 Å². The summed E-state index contributed by atoms with van der Waals surface area (Å²) in [6.45, 7) is -0.336. The van der Waals surface area contributed by atoms with Crippen molar-refractivity contribution in [2.24, 2.45) is 0 Å². The maximum absolute atomic E-state index is 11.9. The second-order valence-corrected chi connectivity index (χ2v) is 8.87. The van der Waals surface area contributed by atoms with Gasteiger partial charge in [0.25, 0.3) is 0 Å². The van der Waals surface area contributed by atoms with Gasteiger partial charge in [0.2, 0.25) is 20.0 Å². The molecule has 1 aromatic rings. The van der Waals surface area contributed by atoms with Crippen LogP contribution in [-0.4, -0.2) is 58.6 Å². The minimum atomic E-state index is -4.04. The monoisotopic (exact) mass is 342 g/mol. The van der Waals surface area contributed by atoms with Crippen LogP contribution in [0.3, 0.4) is 0 Å². The molecule has 20 heavy (non-hydrogen) atoms. The number of thiophene rings is 1. The van der Waals surface area contributed by atoms with E-state index in [9.17, 15) is 21.6 Å². The first-order valence-electron chi connectivity index (χ1n) is 5.28. The van der Waals surface area contributed by atoms with Crippen LogP contribution in [0.4, 0.5) is 0 Å². The van der Waals surface area contributed by atoms with Gasteiger partial charge in [-0.1, -0.05) is 0 Å². The summed E-state index contributed by atoms with van der Waals surface area (Å²) in [5, 5.41) is 10.2. The highest BCUT2D eigenvalue weighted by Crippen LogP contribution is 2.21. The lowest BCUT2D eigenvalue weighted by atomic mass is 10.5. The topological polar surface area (TPSA) is 121 Å². The number of sulfonamides is 2. The van der Waals surface area contributed by atoms with Crippen molar-refractivity contribution >= 4 is 37.4 Å². The van der Waals surface area contributed by atoms with Gasteiger partial charge in [-0.3, -0.25) is 0 Å². The van der Waals surface area contributed by atoms with E-state index in [1.54, 1.807) is 0 Å². The van der Waals surface area contributed by atoms with Crippen LogP contribution >= 0.6 is 11.3 Å². The minimum Gasteiger partial charge on any atom is -0.477 e. The van der Waals surface area contributed by atoms with Crippen molar-refractivity contribution in [2.45, 2.75) is 4.90 Å². The highest BCUT2D eigenvalue weighted by Gasteiger charge is 2.24. The summed E-state index contributed by atoms with van der Waals surface area (Å²) in [5.41, 5.74) is 0. The highest BCUT2D eigenvalue weighted by molar-refractivity contribution is 7.90. The second kappa shape index (κ2) is 6.18. The number of aromatic carboxylic acids is 1. The summed E-state index contributed by atoms with van der Waals surface area (Å²) in [5.74, 6) is -1.76. The minimum absolute atomic E-state index is 0.312. The van der Waals surface area contributed by atoms with E-state index in [0.717, 1.165) is 21.7 Å². The van der Waals surface area contributed by atoms with E-state index in [4.69, 9.17) is 5.11 Å². The highest BCUT2D eigenvalue weighted by atomic mass is 32.2. The summed E-state index contributed by atoms with van der Waals surface area (Å²) >= 11 is 0.783. The Morgan fingerprint density at radius 1 is 1.35 bits per heavy atom. The van der Waals surface area contributed by atoms with Crippen LogP contribution in [0.15, 0.2) is 16.3 Å². The molecule has 1 aromatic heterocycles. The first-order valence-corrected chi connectivity index (χ1v) is 9.26. The Bertz CT molecular complexity index is 689. The van der Waals surface area contributed by atoms with E-state index in [1.807, 2.05) is 0 Å². The van der Waals surface area contributed by atoms with Gasteiger partial charge in [0.05, 0.1) is 5.75 Å². The number of nitrogens with zero attached hydrogens (tertiary/aromatic N) is 1. The molecule has 1 heterocycles. The maximum Gasteiger partial charge on any atom is 0.347 e. The molecule has 0 aliphatic rings. The van der Waals surface area contributed by atoms with Gasteiger partial charge in [0.1, 0.15) is 9.77 Å². The SMILES string of the molecule is CN(C)S(=O)(=O)CCNS(=O)(=O)c1ccsc1C(=O)O. The van der Waals surface area contributed by atoms with Crippen molar-refractivity contribution < 1.29 is 26.7 Å². The van der Waals surface area contributed by atoms with Gasteiger partial charge in [-0.05, 0) is 11.4 Å². The van der Waals surface area contributed by atoms with Crippen LogP contribution < -0.4 is 4.72 Å². The van der Waals surface area contributed by atoms with Gasteiger partial charge >= 0.3 is 5.97 Å². The zero-order valence-electron chi connectivity index (χ0n) is 10.7. The summed E-state index contributed by atoms with van der Waals surface area (Å²) in [4.78, 5) is 10.2. The lowest BCUT2D eigenvalue weighted by Crippen LogP contribution is -2.34. The summed E-state index contributed by atoms with van der Waals surface area (Å²) < 4.78 is 49.8. The Hall–Kier alpha value is -1.01. The van der Waals surface area contributed by atoms with Crippen LogP contribution in [0.25, 0.3) is 0 Å². The number of carboxylic acid groups (broad SMARTS) is 1. The quantitative estimate of drug-likeness (QED) is 0.696. The van der Waals surface area contributed by atoms with Gasteiger partial charge < -0.3 is 5.11 Å². The molecule has 1 rings (SSSR count). The number of carbonyl (C=O) groups is 1. The molecule has 0 amide bonds. The van der Waals surface area contributed by atoms with Gasteiger partial charge in [-0.15, -0.1) is 11.3 Å². The van der Waals surface area contributed by atoms with Crippen molar-refractivity contribution in [3.63, 3.8) is 0 Å².